The molecule has 124 valence electrons. The first-order valence-electron chi connectivity index (χ1n) is 7.12. The third-order valence-corrected chi connectivity index (χ3v) is 4.35. The molecule has 4 nitrogen and oxygen atoms in total. The van der Waals surface area contributed by atoms with Crippen molar-refractivity contribution in [1.29, 1.82) is 0 Å². The van der Waals surface area contributed by atoms with E-state index >= 15 is 0 Å². The second kappa shape index (κ2) is 8.96. The maximum atomic E-state index is 13.1. The van der Waals surface area contributed by atoms with Gasteiger partial charge in [0, 0.05) is 4.90 Å². The van der Waals surface area contributed by atoms with E-state index in [1.165, 1.54) is 36.0 Å². The van der Waals surface area contributed by atoms with Crippen LogP contribution in [-0.2, 0) is 4.79 Å². The van der Waals surface area contributed by atoms with Crippen molar-refractivity contribution in [2.24, 2.45) is 0 Å². The molecule has 1 unspecified atom stereocenters. The molecule has 0 aliphatic rings. The lowest BCUT2D eigenvalue weighted by Crippen LogP contribution is -2.24. The topological polar surface area (TPSA) is 58.6 Å². The molecule has 0 aliphatic carbocycles. The second-order valence-corrected chi connectivity index (χ2v) is 5.89. The van der Waals surface area contributed by atoms with E-state index < -0.39 is 11.2 Å². The lowest BCUT2D eigenvalue weighted by atomic mass is 10.1. The summed E-state index contributed by atoms with van der Waals surface area (Å²) in [5, 5.41) is 8.24. The van der Waals surface area contributed by atoms with Crippen LogP contribution in [0, 0.1) is 17.7 Å². The highest BCUT2D eigenvalue weighted by atomic mass is 32.2. The van der Waals surface area contributed by atoms with Crippen LogP contribution in [0.1, 0.15) is 17.7 Å². The Hall–Kier alpha value is -2.49. The monoisotopic (exact) mass is 345 g/mol. The SMILES string of the molecule is CC#CCOc1ccc(SC(C(=O)NO)c2ccc(F)cc2)cc1. The zero-order valence-corrected chi connectivity index (χ0v) is 13.8. The number of nitrogens with one attached hydrogen (secondary N) is 1. The Bertz CT molecular complexity index is 736. The quantitative estimate of drug-likeness (QED) is 0.364. The number of hydrogen-bond donors (Lipinski definition) is 2. The number of halogens is 1. The minimum Gasteiger partial charge on any atom is -0.481 e. The molecular formula is C18H16FNO3S. The van der Waals surface area contributed by atoms with E-state index in [-0.39, 0.29) is 5.82 Å². The molecule has 1 atom stereocenters. The number of carbonyl (C=O) groups is 1. The predicted molar refractivity (Wildman–Crippen MR) is 90.3 cm³/mol. The van der Waals surface area contributed by atoms with Crippen molar-refractivity contribution in [3.63, 3.8) is 0 Å². The first-order valence-corrected chi connectivity index (χ1v) is 8.00. The molecule has 0 fully saturated rings. The highest BCUT2D eigenvalue weighted by molar-refractivity contribution is 8.00. The Kier molecular flexibility index (Phi) is 6.67. The van der Waals surface area contributed by atoms with E-state index in [2.05, 4.69) is 11.8 Å². The molecule has 0 bridgehead atoms. The van der Waals surface area contributed by atoms with Gasteiger partial charge in [-0.15, -0.1) is 17.7 Å². The van der Waals surface area contributed by atoms with Crippen LogP contribution >= 0.6 is 11.8 Å². The van der Waals surface area contributed by atoms with Crippen molar-refractivity contribution in [3.05, 3.63) is 59.9 Å². The van der Waals surface area contributed by atoms with Crippen molar-refractivity contribution >= 4 is 17.7 Å². The lowest BCUT2D eigenvalue weighted by molar-refractivity contribution is -0.128. The first kappa shape index (κ1) is 17.9. The van der Waals surface area contributed by atoms with Crippen LogP contribution in [0.2, 0.25) is 0 Å². The van der Waals surface area contributed by atoms with Gasteiger partial charge in [-0.25, -0.2) is 9.87 Å². The summed E-state index contributed by atoms with van der Waals surface area (Å²) >= 11 is 1.24. The van der Waals surface area contributed by atoms with Crippen LogP contribution in [0.25, 0.3) is 0 Å². The standard InChI is InChI=1S/C18H16FNO3S/c1-2-3-12-23-15-8-10-16(11-9-15)24-17(18(21)20-22)13-4-6-14(19)7-5-13/h4-11,17,22H,12H2,1H3,(H,20,21). The van der Waals surface area contributed by atoms with Gasteiger partial charge in [-0.3, -0.25) is 10.0 Å². The summed E-state index contributed by atoms with van der Waals surface area (Å²) in [6.45, 7) is 2.05. The molecule has 1 amide bonds. The summed E-state index contributed by atoms with van der Waals surface area (Å²) in [4.78, 5) is 12.7. The van der Waals surface area contributed by atoms with Gasteiger partial charge in [0.2, 0.25) is 0 Å². The van der Waals surface area contributed by atoms with Crippen molar-refractivity contribution in [2.75, 3.05) is 6.61 Å². The van der Waals surface area contributed by atoms with Gasteiger partial charge >= 0.3 is 0 Å². The van der Waals surface area contributed by atoms with Crippen LogP contribution in [-0.4, -0.2) is 17.7 Å². The average molecular weight is 345 g/mol. The molecule has 0 heterocycles. The number of ether oxygens (including phenoxy) is 1. The van der Waals surface area contributed by atoms with Crippen LogP contribution in [0.5, 0.6) is 5.75 Å². The van der Waals surface area contributed by atoms with E-state index in [4.69, 9.17) is 9.94 Å². The summed E-state index contributed by atoms with van der Waals surface area (Å²) in [6.07, 6.45) is 0. The van der Waals surface area contributed by atoms with Crippen LogP contribution < -0.4 is 10.2 Å². The minimum atomic E-state index is -0.701. The van der Waals surface area contributed by atoms with E-state index in [9.17, 15) is 9.18 Å². The molecule has 0 saturated heterocycles. The van der Waals surface area contributed by atoms with E-state index in [1.807, 2.05) is 0 Å². The molecular weight excluding hydrogens is 329 g/mol. The van der Waals surface area contributed by atoms with Gasteiger partial charge in [-0.2, -0.15) is 0 Å². The number of benzene rings is 2. The van der Waals surface area contributed by atoms with Crippen molar-refractivity contribution in [1.82, 2.24) is 5.48 Å². The van der Waals surface area contributed by atoms with Crippen LogP contribution in [0.4, 0.5) is 4.39 Å². The summed E-state index contributed by atoms with van der Waals surface area (Å²) in [5.74, 6) is 5.25. The fourth-order valence-electron chi connectivity index (χ4n) is 1.91. The summed E-state index contributed by atoms with van der Waals surface area (Å²) in [7, 11) is 0. The van der Waals surface area contributed by atoms with Crippen LogP contribution in [0.3, 0.4) is 0 Å². The third kappa shape index (κ3) is 5.01. The van der Waals surface area contributed by atoms with Crippen molar-refractivity contribution in [2.45, 2.75) is 17.1 Å². The van der Waals surface area contributed by atoms with Crippen LogP contribution in [0.15, 0.2) is 53.4 Å². The lowest BCUT2D eigenvalue weighted by Gasteiger charge is -2.15. The molecule has 0 spiro atoms. The maximum absolute atomic E-state index is 13.1. The fourth-order valence-corrected chi connectivity index (χ4v) is 2.93. The summed E-state index contributed by atoms with van der Waals surface area (Å²) in [6, 6.07) is 12.8. The Labute approximate surface area is 144 Å². The van der Waals surface area contributed by atoms with Crippen molar-refractivity contribution < 1.29 is 19.1 Å². The van der Waals surface area contributed by atoms with Gasteiger partial charge in [0.15, 0.2) is 0 Å². The molecule has 2 aromatic rings. The zero-order chi connectivity index (χ0) is 17.4. The number of carbonyl (C=O) groups excluding carboxylic acids is 1. The normalized spacial score (nSPS) is 11.1. The minimum absolute atomic E-state index is 0.314. The number of hydroxylamine groups is 1. The van der Waals surface area contributed by atoms with Gasteiger partial charge in [-0.05, 0) is 48.9 Å². The highest BCUT2D eigenvalue weighted by Crippen LogP contribution is 2.36. The Balaban J connectivity index is 2.12. The van der Waals surface area contributed by atoms with Gasteiger partial charge in [0.25, 0.3) is 5.91 Å². The molecule has 0 aliphatic heterocycles. The molecule has 2 N–H and O–H groups in total. The van der Waals surface area contributed by atoms with Crippen molar-refractivity contribution in [3.8, 4) is 17.6 Å². The molecule has 2 aromatic carbocycles. The van der Waals surface area contributed by atoms with Gasteiger partial charge < -0.3 is 4.74 Å². The number of amides is 1. The third-order valence-electron chi connectivity index (χ3n) is 3.09. The number of thioether (sulfide) groups is 1. The van der Waals surface area contributed by atoms with E-state index in [1.54, 1.807) is 36.7 Å². The molecule has 24 heavy (non-hydrogen) atoms. The Morgan fingerprint density at radius 3 is 2.50 bits per heavy atom. The van der Waals surface area contributed by atoms with Gasteiger partial charge in [0.05, 0.1) is 0 Å². The smallest absolute Gasteiger partial charge is 0.261 e. The molecule has 2 rings (SSSR count). The molecule has 0 saturated carbocycles. The predicted octanol–water partition coefficient (Wildman–Crippen LogP) is 3.57. The number of rotatable bonds is 6. The Morgan fingerprint density at radius 1 is 1.25 bits per heavy atom. The van der Waals surface area contributed by atoms with E-state index in [0.29, 0.717) is 17.9 Å². The summed E-state index contributed by atoms with van der Waals surface area (Å²) < 4.78 is 18.5. The second-order valence-electron chi connectivity index (χ2n) is 4.71. The maximum Gasteiger partial charge on any atom is 0.261 e. The largest absolute Gasteiger partial charge is 0.481 e. The van der Waals surface area contributed by atoms with Gasteiger partial charge in [-0.1, -0.05) is 18.1 Å². The first-order chi connectivity index (χ1) is 11.6. The molecule has 0 radical (unpaired) electrons. The average Bonchev–Trinajstić information content (AvgIpc) is 2.61. The molecule has 0 aromatic heterocycles. The Morgan fingerprint density at radius 2 is 1.92 bits per heavy atom. The fraction of sp³-hybridized carbons (Fsp3) is 0.167. The number of hydrogen-bond acceptors (Lipinski definition) is 4. The van der Waals surface area contributed by atoms with Gasteiger partial charge in [0.1, 0.15) is 23.4 Å². The zero-order valence-electron chi connectivity index (χ0n) is 13.0. The summed E-state index contributed by atoms with van der Waals surface area (Å²) in [5.41, 5.74) is 2.24. The van der Waals surface area contributed by atoms with E-state index in [0.717, 1.165) is 4.90 Å². The molecule has 6 heteroatoms. The highest BCUT2D eigenvalue weighted by Gasteiger charge is 2.21.